The molecule has 2 aromatic carbocycles. The zero-order valence-electron chi connectivity index (χ0n) is 19.2. The van der Waals surface area contributed by atoms with Crippen molar-refractivity contribution < 1.29 is 19.4 Å². The van der Waals surface area contributed by atoms with Gasteiger partial charge in [-0.2, -0.15) is 0 Å². The first kappa shape index (κ1) is 25.1. The Morgan fingerprint density at radius 3 is 2.39 bits per heavy atom. The number of benzene rings is 2. The Morgan fingerprint density at radius 2 is 1.82 bits per heavy atom. The summed E-state index contributed by atoms with van der Waals surface area (Å²) < 4.78 is 5.29. The number of aryl methyl sites for hydroxylation is 1. The summed E-state index contributed by atoms with van der Waals surface area (Å²) in [6, 6.07) is 9.19. The quantitative estimate of drug-likeness (QED) is 0.317. The summed E-state index contributed by atoms with van der Waals surface area (Å²) in [5.74, 6) is -0.995. The molecular weight excluding hydrogens is 463 g/mol. The van der Waals surface area contributed by atoms with E-state index in [0.29, 0.717) is 40.0 Å². The van der Waals surface area contributed by atoms with E-state index in [-0.39, 0.29) is 11.3 Å². The van der Waals surface area contributed by atoms with Gasteiger partial charge in [0.2, 0.25) is 0 Å². The van der Waals surface area contributed by atoms with Gasteiger partial charge in [0.05, 0.1) is 18.7 Å². The van der Waals surface area contributed by atoms with Gasteiger partial charge in [-0.1, -0.05) is 43.1 Å². The number of carbonyl (C=O) groups excluding carboxylic acids is 2. The van der Waals surface area contributed by atoms with Crippen LogP contribution in [-0.2, 0) is 9.59 Å². The number of aliphatic hydroxyl groups excluding tert-OH is 1. The molecule has 33 heavy (non-hydrogen) atoms. The lowest BCUT2D eigenvalue weighted by Crippen LogP contribution is -2.38. The predicted molar refractivity (Wildman–Crippen MR) is 131 cm³/mol. The number of rotatable bonds is 8. The van der Waals surface area contributed by atoms with Crippen molar-refractivity contribution >= 4 is 40.7 Å². The molecule has 0 saturated carbocycles. The first-order chi connectivity index (χ1) is 15.7. The second-order valence-corrected chi connectivity index (χ2v) is 8.71. The van der Waals surface area contributed by atoms with E-state index in [1.807, 2.05) is 20.8 Å². The van der Waals surface area contributed by atoms with Gasteiger partial charge in [-0.05, 0) is 61.5 Å². The van der Waals surface area contributed by atoms with Crippen LogP contribution in [0.3, 0.4) is 0 Å². The molecule has 1 saturated heterocycles. The van der Waals surface area contributed by atoms with Gasteiger partial charge in [-0.25, -0.2) is 0 Å². The number of likely N-dealkylation sites (tertiary alicyclic amines) is 1. The highest BCUT2D eigenvalue weighted by atomic mass is 35.5. The van der Waals surface area contributed by atoms with Gasteiger partial charge in [-0.3, -0.25) is 9.59 Å². The van der Waals surface area contributed by atoms with Gasteiger partial charge in [0, 0.05) is 28.7 Å². The molecule has 6 nitrogen and oxygen atoms in total. The number of ketones is 1. The lowest BCUT2D eigenvalue weighted by molar-refractivity contribution is -0.140. The third kappa shape index (κ3) is 5.03. The van der Waals surface area contributed by atoms with Gasteiger partial charge >= 0.3 is 0 Å². The Morgan fingerprint density at radius 1 is 1.12 bits per heavy atom. The first-order valence-electron chi connectivity index (χ1n) is 10.8. The maximum absolute atomic E-state index is 13.2. The summed E-state index contributed by atoms with van der Waals surface area (Å²) in [7, 11) is 1.56. The van der Waals surface area contributed by atoms with Crippen LogP contribution in [0.4, 0.5) is 0 Å². The summed E-state index contributed by atoms with van der Waals surface area (Å²) in [5.41, 5.74) is 1.75. The number of nitrogens with zero attached hydrogens (tertiary/aromatic N) is 2. The van der Waals surface area contributed by atoms with Crippen LogP contribution in [0, 0.1) is 6.92 Å². The van der Waals surface area contributed by atoms with Crippen molar-refractivity contribution in [2.75, 3.05) is 33.3 Å². The lowest BCUT2D eigenvalue weighted by Gasteiger charge is -2.28. The van der Waals surface area contributed by atoms with E-state index in [1.165, 1.54) is 4.90 Å². The summed E-state index contributed by atoms with van der Waals surface area (Å²) in [5, 5.41) is 12.0. The fourth-order valence-corrected chi connectivity index (χ4v) is 4.64. The third-order valence-electron chi connectivity index (χ3n) is 6.02. The van der Waals surface area contributed by atoms with Crippen LogP contribution >= 0.6 is 23.2 Å². The molecule has 0 spiro atoms. The van der Waals surface area contributed by atoms with E-state index in [0.717, 1.165) is 18.7 Å². The Bertz CT molecular complexity index is 1100. The molecule has 2 aromatic rings. The predicted octanol–water partition coefficient (Wildman–Crippen LogP) is 5.07. The molecule has 0 aromatic heterocycles. The second kappa shape index (κ2) is 10.6. The van der Waals surface area contributed by atoms with E-state index >= 15 is 0 Å². The molecule has 0 bridgehead atoms. The molecule has 1 amide bonds. The molecule has 176 valence electrons. The highest BCUT2D eigenvalue weighted by molar-refractivity contribution is 6.47. The van der Waals surface area contributed by atoms with E-state index in [9.17, 15) is 14.7 Å². The largest absolute Gasteiger partial charge is 0.507 e. The number of amides is 1. The fraction of sp³-hybridized carbons (Fsp3) is 0.360. The second-order valence-electron chi connectivity index (χ2n) is 7.87. The summed E-state index contributed by atoms with van der Waals surface area (Å²) in [6.07, 6.45) is 0. The molecule has 8 heteroatoms. The standard InChI is InChI=1S/C25H28Cl2N2O4/c1-5-28(6-2)11-12-29-22(18-9-8-17(26)14-19(18)27)21(24(31)25(29)32)23(30)16-7-10-20(33-4)15(3)13-16/h7-10,13-14,22,30H,5-6,11-12H2,1-4H3/b23-21+/t22-/m0/s1. The number of methoxy groups -OCH3 is 1. The normalized spacial score (nSPS) is 17.8. The molecule has 1 N–H and O–H groups in total. The smallest absolute Gasteiger partial charge is 0.295 e. The SMILES string of the molecule is CCN(CC)CCN1C(=O)C(=O)/C(=C(/O)c2ccc(OC)c(C)c2)[C@@H]1c1ccc(Cl)cc1Cl. The summed E-state index contributed by atoms with van der Waals surface area (Å²) in [6.45, 7) is 8.45. The van der Waals surface area contributed by atoms with Crippen molar-refractivity contribution in [1.29, 1.82) is 0 Å². The van der Waals surface area contributed by atoms with Crippen LogP contribution < -0.4 is 4.74 Å². The zero-order valence-corrected chi connectivity index (χ0v) is 20.7. The summed E-state index contributed by atoms with van der Waals surface area (Å²) >= 11 is 12.6. The van der Waals surface area contributed by atoms with Crippen LogP contribution in [0.5, 0.6) is 5.75 Å². The highest BCUT2D eigenvalue weighted by Crippen LogP contribution is 2.42. The minimum atomic E-state index is -0.826. The molecule has 3 rings (SSSR count). The molecule has 0 aliphatic carbocycles. The van der Waals surface area contributed by atoms with Crippen molar-refractivity contribution in [3.05, 3.63) is 68.7 Å². The number of likely N-dealkylation sites (N-methyl/N-ethyl adjacent to an activating group) is 1. The number of aliphatic hydroxyl groups is 1. The van der Waals surface area contributed by atoms with Crippen LogP contribution in [0.2, 0.25) is 10.0 Å². The maximum atomic E-state index is 13.2. The number of carbonyl (C=O) groups is 2. The third-order valence-corrected chi connectivity index (χ3v) is 6.58. The van der Waals surface area contributed by atoms with Crippen LogP contribution in [0.1, 0.15) is 36.6 Å². The van der Waals surface area contributed by atoms with E-state index in [1.54, 1.807) is 43.5 Å². The average Bonchev–Trinajstić information content (AvgIpc) is 3.04. The molecule has 1 fully saturated rings. The molecule has 1 atom stereocenters. The van der Waals surface area contributed by atoms with Crippen molar-refractivity contribution in [3.63, 3.8) is 0 Å². The van der Waals surface area contributed by atoms with Gasteiger partial charge in [0.1, 0.15) is 11.5 Å². The number of halogens is 2. The number of ether oxygens (including phenoxy) is 1. The van der Waals surface area contributed by atoms with Crippen molar-refractivity contribution in [3.8, 4) is 5.75 Å². The number of Topliss-reactive ketones (excluding diaryl/α,β-unsaturated/α-hetero) is 1. The molecule has 1 aliphatic rings. The van der Waals surface area contributed by atoms with Crippen LogP contribution in [0.25, 0.3) is 5.76 Å². The molecule has 1 heterocycles. The Labute approximate surface area is 204 Å². The van der Waals surface area contributed by atoms with Gasteiger partial charge in [0.15, 0.2) is 0 Å². The zero-order chi connectivity index (χ0) is 24.3. The van der Waals surface area contributed by atoms with Crippen molar-refractivity contribution in [2.45, 2.75) is 26.8 Å². The topological polar surface area (TPSA) is 70.1 Å². The van der Waals surface area contributed by atoms with Crippen LogP contribution in [0.15, 0.2) is 42.0 Å². The molecular formula is C25H28Cl2N2O4. The van der Waals surface area contributed by atoms with Gasteiger partial charge in [-0.15, -0.1) is 0 Å². The van der Waals surface area contributed by atoms with Crippen molar-refractivity contribution in [2.24, 2.45) is 0 Å². The Balaban J connectivity index is 2.15. The minimum Gasteiger partial charge on any atom is -0.507 e. The summed E-state index contributed by atoms with van der Waals surface area (Å²) in [4.78, 5) is 29.9. The Kier molecular flexibility index (Phi) is 8.05. The van der Waals surface area contributed by atoms with Gasteiger partial charge < -0.3 is 19.6 Å². The molecule has 0 unspecified atom stereocenters. The van der Waals surface area contributed by atoms with E-state index in [2.05, 4.69) is 4.90 Å². The highest BCUT2D eigenvalue weighted by Gasteiger charge is 2.46. The van der Waals surface area contributed by atoms with E-state index < -0.39 is 17.7 Å². The fourth-order valence-electron chi connectivity index (χ4n) is 4.13. The Hall–Kier alpha value is -2.54. The molecule has 0 radical (unpaired) electrons. The molecule has 1 aliphatic heterocycles. The number of hydrogen-bond acceptors (Lipinski definition) is 5. The average molecular weight is 491 g/mol. The van der Waals surface area contributed by atoms with Gasteiger partial charge in [0.25, 0.3) is 11.7 Å². The van der Waals surface area contributed by atoms with Crippen LogP contribution in [-0.4, -0.2) is 59.9 Å². The monoisotopic (exact) mass is 490 g/mol. The van der Waals surface area contributed by atoms with Crippen molar-refractivity contribution in [1.82, 2.24) is 9.80 Å². The number of hydrogen-bond donors (Lipinski definition) is 1. The van der Waals surface area contributed by atoms with E-state index in [4.69, 9.17) is 27.9 Å². The minimum absolute atomic E-state index is 0.00772. The maximum Gasteiger partial charge on any atom is 0.295 e. The first-order valence-corrected chi connectivity index (χ1v) is 11.6. The lowest BCUT2D eigenvalue weighted by atomic mass is 9.94.